The largest absolute Gasteiger partial charge is 0.463 e. The Kier molecular flexibility index (Phi) is 14.7. The Labute approximate surface area is 159 Å². The molecule has 4 unspecified atom stereocenters. The maximum Gasteiger partial charge on any atom is 0.306 e. The smallest absolute Gasteiger partial charge is 0.306 e. The first-order valence-corrected chi connectivity index (χ1v) is 8.63. The van der Waals surface area contributed by atoms with Crippen LogP contribution < -0.4 is 0 Å². The van der Waals surface area contributed by atoms with Crippen LogP contribution in [0, 0.1) is 11.8 Å². The molecule has 0 rings (SSSR count). The fourth-order valence-electron chi connectivity index (χ4n) is 2.11. The van der Waals surface area contributed by atoms with Crippen LogP contribution in [0.1, 0.15) is 53.9 Å². The number of esters is 2. The van der Waals surface area contributed by atoms with Crippen molar-refractivity contribution < 1.29 is 33.9 Å². The maximum absolute atomic E-state index is 11.9. The van der Waals surface area contributed by atoms with Crippen molar-refractivity contribution in [3.8, 4) is 0 Å². The van der Waals surface area contributed by atoms with E-state index in [0.717, 1.165) is 0 Å². The van der Waals surface area contributed by atoms with Gasteiger partial charge in [0.1, 0.15) is 24.9 Å². The first-order chi connectivity index (χ1) is 11.6. The molecule has 0 fully saturated rings. The lowest BCUT2D eigenvalue weighted by molar-refractivity contribution is -0.169. The molecule has 0 aromatic heterocycles. The Morgan fingerprint density at radius 1 is 0.962 bits per heavy atom. The Morgan fingerprint density at radius 3 is 1.92 bits per heavy atom. The standard InChI is InChI=1S/C17H31BO7.B/c1-10(2)6-15(20)23-9-13(19)17(22)14(8-12(5)25-18)24-16(21)7-11(3)4;/h10-14,17,19,22H,6-9H2,1-5H3;. The van der Waals surface area contributed by atoms with Crippen molar-refractivity contribution in [2.75, 3.05) is 6.61 Å². The molecule has 0 saturated heterocycles. The summed E-state index contributed by atoms with van der Waals surface area (Å²) < 4.78 is 14.9. The summed E-state index contributed by atoms with van der Waals surface area (Å²) in [7, 11) is 5.10. The molecule has 26 heavy (non-hydrogen) atoms. The molecule has 4 atom stereocenters. The van der Waals surface area contributed by atoms with Crippen molar-refractivity contribution in [3.05, 3.63) is 0 Å². The third kappa shape index (κ3) is 12.3. The van der Waals surface area contributed by atoms with Gasteiger partial charge in [0, 0.05) is 33.8 Å². The lowest BCUT2D eigenvalue weighted by Gasteiger charge is -2.28. The monoisotopic (exact) mass is 369 g/mol. The molecule has 147 valence electrons. The minimum absolute atomic E-state index is 0. The zero-order valence-electron chi connectivity index (χ0n) is 16.4. The minimum Gasteiger partial charge on any atom is -0.463 e. The van der Waals surface area contributed by atoms with E-state index in [4.69, 9.17) is 17.5 Å². The van der Waals surface area contributed by atoms with Crippen LogP contribution in [0.2, 0.25) is 0 Å². The number of ether oxygens (including phenoxy) is 2. The number of carbonyl (C=O) groups is 2. The summed E-state index contributed by atoms with van der Waals surface area (Å²) in [5, 5.41) is 20.3. The fraction of sp³-hybridized carbons (Fsp3) is 0.882. The van der Waals surface area contributed by atoms with Gasteiger partial charge in [-0.1, -0.05) is 27.7 Å². The van der Waals surface area contributed by atoms with E-state index < -0.39 is 36.4 Å². The van der Waals surface area contributed by atoms with Crippen LogP contribution >= 0.6 is 0 Å². The molecule has 0 aliphatic carbocycles. The van der Waals surface area contributed by atoms with Gasteiger partial charge >= 0.3 is 11.9 Å². The first-order valence-electron chi connectivity index (χ1n) is 8.63. The highest BCUT2D eigenvalue weighted by atomic mass is 16.6. The molecule has 7 nitrogen and oxygen atoms in total. The van der Waals surface area contributed by atoms with Crippen LogP contribution in [0.3, 0.4) is 0 Å². The van der Waals surface area contributed by atoms with Gasteiger partial charge < -0.3 is 24.3 Å². The third-order valence-electron chi connectivity index (χ3n) is 3.42. The van der Waals surface area contributed by atoms with E-state index in [9.17, 15) is 19.8 Å². The first kappa shape index (κ1) is 27.2. The zero-order valence-corrected chi connectivity index (χ0v) is 16.4. The van der Waals surface area contributed by atoms with Crippen molar-refractivity contribution in [3.63, 3.8) is 0 Å². The summed E-state index contributed by atoms with van der Waals surface area (Å²) >= 11 is 0. The highest BCUT2D eigenvalue weighted by Gasteiger charge is 2.32. The van der Waals surface area contributed by atoms with Crippen LogP contribution in [0.4, 0.5) is 0 Å². The summed E-state index contributed by atoms with van der Waals surface area (Å²) in [5.41, 5.74) is 0. The Hall–Kier alpha value is -1.05. The van der Waals surface area contributed by atoms with E-state index in [0.29, 0.717) is 0 Å². The summed E-state index contributed by atoms with van der Waals surface area (Å²) in [6.07, 6.45) is -3.85. The normalized spacial score (nSPS) is 15.7. The molecule has 0 bridgehead atoms. The number of aliphatic hydroxyl groups is 2. The molecule has 0 saturated carbocycles. The second kappa shape index (κ2) is 14.1. The predicted molar refractivity (Wildman–Crippen MR) is 98.4 cm³/mol. The summed E-state index contributed by atoms with van der Waals surface area (Å²) in [5.74, 6) is -0.738. The molecular weight excluding hydrogens is 338 g/mol. The second-order valence-corrected chi connectivity index (χ2v) is 7.15. The van der Waals surface area contributed by atoms with Gasteiger partial charge in [-0.25, -0.2) is 0 Å². The van der Waals surface area contributed by atoms with E-state index in [1.807, 2.05) is 27.7 Å². The van der Waals surface area contributed by atoms with Crippen LogP contribution in [-0.4, -0.2) is 69.6 Å². The second-order valence-electron chi connectivity index (χ2n) is 7.15. The zero-order chi connectivity index (χ0) is 19.6. The number of hydrogen-bond donors (Lipinski definition) is 2. The molecule has 0 amide bonds. The van der Waals surface area contributed by atoms with Crippen LogP contribution in [0.25, 0.3) is 0 Å². The van der Waals surface area contributed by atoms with Crippen molar-refractivity contribution in [1.29, 1.82) is 0 Å². The van der Waals surface area contributed by atoms with E-state index in [1.54, 1.807) is 6.92 Å². The molecule has 0 aliphatic heterocycles. The van der Waals surface area contributed by atoms with Gasteiger partial charge in [0.15, 0.2) is 0 Å². The van der Waals surface area contributed by atoms with Crippen molar-refractivity contribution >= 4 is 28.4 Å². The van der Waals surface area contributed by atoms with E-state index in [2.05, 4.69) is 4.65 Å². The van der Waals surface area contributed by atoms with E-state index in [1.165, 1.54) is 0 Å². The molecule has 0 heterocycles. The lowest BCUT2D eigenvalue weighted by atomic mass is 10.0. The van der Waals surface area contributed by atoms with Gasteiger partial charge in [0.05, 0.1) is 0 Å². The third-order valence-corrected chi connectivity index (χ3v) is 3.42. The predicted octanol–water partition coefficient (Wildman–Crippen LogP) is 0.753. The van der Waals surface area contributed by atoms with Gasteiger partial charge in [-0.05, 0) is 18.8 Å². The number of hydrogen-bond acceptors (Lipinski definition) is 7. The molecule has 2 N–H and O–H groups in total. The number of aliphatic hydroxyl groups excluding tert-OH is 2. The summed E-state index contributed by atoms with van der Waals surface area (Å²) in [4.78, 5) is 23.4. The van der Waals surface area contributed by atoms with Crippen molar-refractivity contribution in [1.82, 2.24) is 0 Å². The van der Waals surface area contributed by atoms with E-state index in [-0.39, 0.29) is 46.1 Å². The average Bonchev–Trinajstić information content (AvgIpc) is 2.49. The van der Waals surface area contributed by atoms with Gasteiger partial charge in [-0.3, -0.25) is 9.59 Å². The van der Waals surface area contributed by atoms with Gasteiger partial charge in [-0.15, -0.1) is 0 Å². The van der Waals surface area contributed by atoms with Crippen molar-refractivity contribution in [2.45, 2.75) is 78.3 Å². The number of rotatable bonds is 12. The summed E-state index contributed by atoms with van der Waals surface area (Å²) in [6, 6.07) is 0. The maximum atomic E-state index is 11.9. The van der Waals surface area contributed by atoms with Gasteiger partial charge in [0.2, 0.25) is 0 Å². The highest BCUT2D eigenvalue weighted by Crippen LogP contribution is 2.16. The minimum atomic E-state index is -1.43. The summed E-state index contributed by atoms with van der Waals surface area (Å²) in [6.45, 7) is 8.71. The van der Waals surface area contributed by atoms with Gasteiger partial charge in [0.25, 0.3) is 8.05 Å². The number of carbonyl (C=O) groups excluding carboxylic acids is 2. The molecule has 0 spiro atoms. The highest BCUT2D eigenvalue weighted by molar-refractivity contribution is 5.98. The molecule has 0 aromatic carbocycles. The Morgan fingerprint density at radius 2 is 1.46 bits per heavy atom. The molecule has 0 aliphatic rings. The van der Waals surface area contributed by atoms with Crippen LogP contribution in [-0.2, 0) is 23.7 Å². The quantitative estimate of drug-likeness (QED) is 0.387. The topological polar surface area (TPSA) is 102 Å². The van der Waals surface area contributed by atoms with Crippen LogP contribution in [0.15, 0.2) is 0 Å². The molecule has 0 aromatic rings. The molecule has 9 heteroatoms. The van der Waals surface area contributed by atoms with Gasteiger partial charge in [-0.2, -0.15) is 0 Å². The van der Waals surface area contributed by atoms with Crippen LogP contribution in [0.5, 0.6) is 0 Å². The fourth-order valence-corrected chi connectivity index (χ4v) is 2.11. The Balaban J connectivity index is 0. The van der Waals surface area contributed by atoms with E-state index >= 15 is 0 Å². The lowest BCUT2D eigenvalue weighted by Crippen LogP contribution is -2.44. The van der Waals surface area contributed by atoms with Crippen molar-refractivity contribution in [2.24, 2.45) is 11.8 Å². The molecular formula is C17H31B2O7. The molecule has 5 radical (unpaired) electrons. The Bertz CT molecular complexity index is 405. The SMILES string of the molecule is [B].[B]OC(C)CC(OC(=O)CC(C)C)C(O)C(O)COC(=O)CC(C)C. The average molecular weight is 369 g/mol.